The highest BCUT2D eigenvalue weighted by atomic mass is 16.3. The number of rotatable bonds is 3. The van der Waals surface area contributed by atoms with Gasteiger partial charge in [-0.05, 0) is 61.4 Å². The number of benzene rings is 2. The van der Waals surface area contributed by atoms with Crippen LogP contribution in [-0.2, 0) is 0 Å². The van der Waals surface area contributed by atoms with Crippen molar-refractivity contribution in [3.63, 3.8) is 0 Å². The Kier molecular flexibility index (Phi) is 4.53. The van der Waals surface area contributed by atoms with E-state index in [1.165, 1.54) is 0 Å². The van der Waals surface area contributed by atoms with Crippen molar-refractivity contribution in [3.05, 3.63) is 83.9 Å². The maximum Gasteiger partial charge on any atom is 0.125 e. The number of aromatic nitrogens is 2. The van der Waals surface area contributed by atoms with Gasteiger partial charge in [0.15, 0.2) is 0 Å². The first-order valence-corrected chi connectivity index (χ1v) is 9.07. The van der Waals surface area contributed by atoms with E-state index in [0.29, 0.717) is 22.8 Å². The number of aromatic hydroxyl groups is 2. The minimum Gasteiger partial charge on any atom is -0.507 e. The quantitative estimate of drug-likeness (QED) is 0.501. The second-order valence-electron chi connectivity index (χ2n) is 6.75. The molecule has 0 atom stereocenters. The molecule has 4 rings (SSSR count). The summed E-state index contributed by atoms with van der Waals surface area (Å²) in [6.07, 6.45) is 0. The second kappa shape index (κ2) is 7.16. The Morgan fingerprint density at radius 3 is 1.25 bits per heavy atom. The Bertz CT molecular complexity index is 1040. The summed E-state index contributed by atoms with van der Waals surface area (Å²) < 4.78 is 0. The number of hydrogen-bond acceptors (Lipinski definition) is 4. The van der Waals surface area contributed by atoms with E-state index < -0.39 is 0 Å². The van der Waals surface area contributed by atoms with Crippen LogP contribution in [0.5, 0.6) is 11.5 Å². The molecule has 28 heavy (non-hydrogen) atoms. The molecular formula is C24H20N2O2. The van der Waals surface area contributed by atoms with E-state index in [-0.39, 0.29) is 11.5 Å². The minimum absolute atomic E-state index is 0.205. The number of hydrogen-bond donors (Lipinski definition) is 2. The molecule has 0 unspecified atom stereocenters. The van der Waals surface area contributed by atoms with Gasteiger partial charge in [0.25, 0.3) is 0 Å². The third-order valence-corrected chi connectivity index (χ3v) is 4.77. The molecule has 0 fully saturated rings. The standard InChI is InChI=1S/C24H20N2O2/c1-15-7-3-13-21(27)23(15)19-11-5-9-17(25-19)18-10-6-12-20(26-18)24-16(2)8-4-14-22(24)28/h3-14,27-28H,1-2H3. The Labute approximate surface area is 163 Å². The van der Waals surface area contributed by atoms with Gasteiger partial charge in [0.05, 0.1) is 22.8 Å². The van der Waals surface area contributed by atoms with Crippen molar-refractivity contribution >= 4 is 0 Å². The fourth-order valence-corrected chi connectivity index (χ4v) is 3.40. The summed E-state index contributed by atoms with van der Waals surface area (Å²) in [5, 5.41) is 20.6. The minimum atomic E-state index is 0.205. The molecule has 2 N–H and O–H groups in total. The van der Waals surface area contributed by atoms with Crippen LogP contribution in [0.15, 0.2) is 72.8 Å². The molecule has 2 heterocycles. The lowest BCUT2D eigenvalue weighted by Crippen LogP contribution is -1.94. The summed E-state index contributed by atoms with van der Waals surface area (Å²) in [6.45, 7) is 3.90. The third-order valence-electron chi connectivity index (χ3n) is 4.77. The molecule has 2 aromatic carbocycles. The first kappa shape index (κ1) is 17.7. The highest BCUT2D eigenvalue weighted by Crippen LogP contribution is 2.34. The van der Waals surface area contributed by atoms with Crippen molar-refractivity contribution in [2.45, 2.75) is 13.8 Å². The summed E-state index contributed by atoms with van der Waals surface area (Å²) >= 11 is 0. The van der Waals surface area contributed by atoms with Gasteiger partial charge >= 0.3 is 0 Å². The van der Waals surface area contributed by atoms with Crippen LogP contribution >= 0.6 is 0 Å². The summed E-state index contributed by atoms with van der Waals surface area (Å²) in [6, 6.07) is 22.2. The summed E-state index contributed by atoms with van der Waals surface area (Å²) in [5.74, 6) is 0.410. The summed E-state index contributed by atoms with van der Waals surface area (Å²) in [4.78, 5) is 9.46. The zero-order valence-electron chi connectivity index (χ0n) is 15.7. The highest BCUT2D eigenvalue weighted by Gasteiger charge is 2.13. The summed E-state index contributed by atoms with van der Waals surface area (Å²) in [7, 11) is 0. The Hall–Kier alpha value is -3.66. The van der Waals surface area contributed by atoms with E-state index >= 15 is 0 Å². The molecule has 0 radical (unpaired) electrons. The van der Waals surface area contributed by atoms with E-state index in [9.17, 15) is 10.2 Å². The maximum atomic E-state index is 10.3. The van der Waals surface area contributed by atoms with E-state index in [1.807, 2.05) is 74.5 Å². The van der Waals surface area contributed by atoms with Gasteiger partial charge in [0.2, 0.25) is 0 Å². The van der Waals surface area contributed by atoms with Crippen LogP contribution in [0.4, 0.5) is 0 Å². The lowest BCUT2D eigenvalue weighted by molar-refractivity contribution is 0.476. The van der Waals surface area contributed by atoms with Gasteiger partial charge in [-0.15, -0.1) is 0 Å². The Balaban J connectivity index is 1.81. The SMILES string of the molecule is Cc1cccc(O)c1-c1cccc(-c2cccc(-c3c(C)cccc3O)n2)n1. The molecular weight excluding hydrogens is 348 g/mol. The predicted octanol–water partition coefficient (Wildman–Crippen LogP) is 5.51. The molecule has 0 saturated heterocycles. The number of phenols is 2. The van der Waals surface area contributed by atoms with Crippen molar-refractivity contribution < 1.29 is 10.2 Å². The average Bonchev–Trinajstić information content (AvgIpc) is 2.68. The van der Waals surface area contributed by atoms with Crippen LogP contribution in [-0.4, -0.2) is 20.2 Å². The van der Waals surface area contributed by atoms with Gasteiger partial charge in [-0.3, -0.25) is 0 Å². The Morgan fingerprint density at radius 2 is 0.857 bits per heavy atom. The van der Waals surface area contributed by atoms with Crippen molar-refractivity contribution in [1.29, 1.82) is 0 Å². The van der Waals surface area contributed by atoms with Crippen molar-refractivity contribution in [3.8, 4) is 45.4 Å². The molecule has 138 valence electrons. The van der Waals surface area contributed by atoms with Gasteiger partial charge in [-0.2, -0.15) is 0 Å². The van der Waals surface area contributed by atoms with Crippen LogP contribution in [0.1, 0.15) is 11.1 Å². The first-order chi connectivity index (χ1) is 13.5. The molecule has 0 aliphatic carbocycles. The fraction of sp³-hybridized carbons (Fsp3) is 0.0833. The molecule has 2 aromatic heterocycles. The molecule has 0 spiro atoms. The molecule has 4 heteroatoms. The second-order valence-corrected chi connectivity index (χ2v) is 6.75. The first-order valence-electron chi connectivity index (χ1n) is 9.07. The number of aryl methyl sites for hydroxylation is 2. The van der Waals surface area contributed by atoms with E-state index in [2.05, 4.69) is 0 Å². The lowest BCUT2D eigenvalue weighted by atomic mass is 10.0. The van der Waals surface area contributed by atoms with Crippen LogP contribution in [0.2, 0.25) is 0 Å². The van der Waals surface area contributed by atoms with Crippen LogP contribution in [0.3, 0.4) is 0 Å². The van der Waals surface area contributed by atoms with Crippen molar-refractivity contribution in [2.24, 2.45) is 0 Å². The van der Waals surface area contributed by atoms with Crippen molar-refractivity contribution in [1.82, 2.24) is 9.97 Å². The Morgan fingerprint density at radius 1 is 0.500 bits per heavy atom. The zero-order valence-corrected chi connectivity index (χ0v) is 15.7. The third kappa shape index (κ3) is 3.21. The number of pyridine rings is 2. The van der Waals surface area contributed by atoms with E-state index in [4.69, 9.17) is 9.97 Å². The lowest BCUT2D eigenvalue weighted by Gasteiger charge is -2.11. The largest absolute Gasteiger partial charge is 0.507 e. The molecule has 0 bridgehead atoms. The monoisotopic (exact) mass is 368 g/mol. The van der Waals surface area contributed by atoms with Crippen LogP contribution in [0, 0.1) is 13.8 Å². The van der Waals surface area contributed by atoms with Crippen molar-refractivity contribution in [2.75, 3.05) is 0 Å². The van der Waals surface area contributed by atoms with Gasteiger partial charge in [0, 0.05) is 11.1 Å². The topological polar surface area (TPSA) is 66.2 Å². The zero-order chi connectivity index (χ0) is 19.7. The smallest absolute Gasteiger partial charge is 0.125 e. The molecule has 0 aliphatic heterocycles. The molecule has 4 aromatic rings. The number of phenolic OH excluding ortho intramolecular Hbond substituents is 2. The maximum absolute atomic E-state index is 10.3. The average molecular weight is 368 g/mol. The molecule has 4 nitrogen and oxygen atoms in total. The van der Waals surface area contributed by atoms with Gasteiger partial charge in [-0.25, -0.2) is 9.97 Å². The highest BCUT2D eigenvalue weighted by molar-refractivity contribution is 5.74. The van der Waals surface area contributed by atoms with E-state index in [0.717, 1.165) is 22.3 Å². The van der Waals surface area contributed by atoms with Crippen LogP contribution < -0.4 is 0 Å². The fourth-order valence-electron chi connectivity index (χ4n) is 3.40. The predicted molar refractivity (Wildman–Crippen MR) is 111 cm³/mol. The molecule has 0 amide bonds. The molecule has 0 saturated carbocycles. The summed E-state index contributed by atoms with van der Waals surface area (Å²) in [5.41, 5.74) is 6.14. The number of nitrogens with zero attached hydrogens (tertiary/aromatic N) is 2. The van der Waals surface area contributed by atoms with Gasteiger partial charge in [0.1, 0.15) is 11.5 Å². The van der Waals surface area contributed by atoms with E-state index in [1.54, 1.807) is 12.1 Å². The van der Waals surface area contributed by atoms with Crippen LogP contribution in [0.25, 0.3) is 33.9 Å². The normalized spacial score (nSPS) is 10.8. The van der Waals surface area contributed by atoms with Gasteiger partial charge in [-0.1, -0.05) is 36.4 Å². The molecule has 0 aliphatic rings. The van der Waals surface area contributed by atoms with Gasteiger partial charge < -0.3 is 10.2 Å².